The van der Waals surface area contributed by atoms with Crippen LogP contribution in [0.3, 0.4) is 0 Å². The van der Waals surface area contributed by atoms with Crippen LogP contribution in [0.2, 0.25) is 0 Å². The molecule has 0 saturated carbocycles. The van der Waals surface area contributed by atoms with Gasteiger partial charge in [0.25, 0.3) is 0 Å². The second-order valence-corrected chi connectivity index (χ2v) is 6.88. The lowest BCUT2D eigenvalue weighted by molar-refractivity contribution is 0.0801. The molecule has 27 heavy (non-hydrogen) atoms. The predicted octanol–water partition coefficient (Wildman–Crippen LogP) is 2.58. The van der Waals surface area contributed by atoms with Crippen LogP contribution in [0.5, 0.6) is 0 Å². The number of aryl methyl sites for hydroxylation is 1. The number of furan rings is 1. The average molecular weight is 368 g/mol. The first kappa shape index (κ1) is 17.5. The van der Waals surface area contributed by atoms with Crippen molar-refractivity contribution < 1.29 is 23.5 Å². The Hall–Kier alpha value is -2.93. The van der Waals surface area contributed by atoms with Crippen molar-refractivity contribution in [3.05, 3.63) is 53.5 Å². The molecular weight excluding hydrogens is 348 g/mol. The number of nitrogens with two attached hydrogens (primary N) is 1. The summed E-state index contributed by atoms with van der Waals surface area (Å²) in [5.41, 5.74) is 8.08. The average Bonchev–Trinajstić information content (AvgIpc) is 3.30. The number of ether oxygens (including phenoxy) is 1. The maximum absolute atomic E-state index is 13.0. The molecule has 1 unspecified atom stereocenters. The molecule has 2 atom stereocenters. The summed E-state index contributed by atoms with van der Waals surface area (Å²) >= 11 is 0. The molecule has 4 rings (SSSR count). The molecule has 7 heteroatoms. The third kappa shape index (κ3) is 3.14. The van der Waals surface area contributed by atoms with Gasteiger partial charge in [-0.05, 0) is 49.1 Å². The summed E-state index contributed by atoms with van der Waals surface area (Å²) in [5, 5.41) is 0. The molecule has 0 spiro atoms. The van der Waals surface area contributed by atoms with Crippen molar-refractivity contribution in [2.24, 2.45) is 11.7 Å². The molecule has 0 radical (unpaired) electrons. The number of carbonyl (C=O) groups is 3. The van der Waals surface area contributed by atoms with Crippen molar-refractivity contribution in [2.75, 3.05) is 18.0 Å². The van der Waals surface area contributed by atoms with E-state index in [0.717, 1.165) is 5.56 Å². The Morgan fingerprint density at radius 1 is 1.26 bits per heavy atom. The normalized spacial score (nSPS) is 22.3. The van der Waals surface area contributed by atoms with Gasteiger partial charge in [0.15, 0.2) is 11.6 Å². The lowest BCUT2D eigenvalue weighted by atomic mass is 9.89. The quantitative estimate of drug-likeness (QED) is 0.505. The van der Waals surface area contributed by atoms with Crippen LogP contribution < -0.4 is 10.6 Å². The Bertz CT molecular complexity index is 890. The van der Waals surface area contributed by atoms with E-state index in [9.17, 15) is 14.4 Å². The first-order chi connectivity index (χ1) is 13.1. The number of hydrogen-bond donors (Lipinski definition) is 1. The van der Waals surface area contributed by atoms with E-state index >= 15 is 0 Å². The summed E-state index contributed by atoms with van der Waals surface area (Å²) in [5.74, 6) is -1.09. The molecule has 1 aromatic carbocycles. The van der Waals surface area contributed by atoms with Gasteiger partial charge in [-0.2, -0.15) is 0 Å². The maximum atomic E-state index is 13.0. The number of amides is 1. The standard InChI is InChI=1S/C20H20N2O5/c21-9-15-10-22(20(25)27-15)14-4-5-16-12(8-14)2-1-3-17(19(16)24)18(23)13-6-7-26-11-13/h4-8,11,15,17H,1-3,9-10,21H2/t15-,17?/m0/s1. The SMILES string of the molecule is NC[C@H]1CN(c2ccc3c(c2)CCCC(C(=O)c2ccoc2)C3=O)C(=O)O1. The van der Waals surface area contributed by atoms with Gasteiger partial charge < -0.3 is 14.9 Å². The summed E-state index contributed by atoms with van der Waals surface area (Å²) < 4.78 is 10.2. The van der Waals surface area contributed by atoms with E-state index in [1.165, 1.54) is 17.4 Å². The highest BCUT2D eigenvalue weighted by molar-refractivity contribution is 6.16. The summed E-state index contributed by atoms with van der Waals surface area (Å²) in [6.45, 7) is 0.660. The molecule has 1 saturated heterocycles. The minimum absolute atomic E-state index is 0.177. The number of hydrogen-bond acceptors (Lipinski definition) is 6. The fraction of sp³-hybridized carbons (Fsp3) is 0.350. The van der Waals surface area contributed by atoms with E-state index in [-0.39, 0.29) is 24.2 Å². The second-order valence-electron chi connectivity index (χ2n) is 6.88. The Morgan fingerprint density at radius 3 is 2.81 bits per heavy atom. The van der Waals surface area contributed by atoms with E-state index in [1.807, 2.05) is 6.07 Å². The van der Waals surface area contributed by atoms with Gasteiger partial charge in [0.1, 0.15) is 12.4 Å². The first-order valence-electron chi connectivity index (χ1n) is 9.00. The Morgan fingerprint density at radius 2 is 2.11 bits per heavy atom. The molecule has 1 amide bonds. The molecule has 0 bridgehead atoms. The number of fused-ring (bicyclic) bond motifs is 1. The highest BCUT2D eigenvalue weighted by Crippen LogP contribution is 2.31. The van der Waals surface area contributed by atoms with E-state index in [1.54, 1.807) is 18.2 Å². The van der Waals surface area contributed by atoms with Crippen molar-refractivity contribution in [3.8, 4) is 0 Å². The zero-order valence-electron chi connectivity index (χ0n) is 14.7. The lowest BCUT2D eigenvalue weighted by Crippen LogP contribution is -2.27. The van der Waals surface area contributed by atoms with E-state index in [4.69, 9.17) is 14.9 Å². The van der Waals surface area contributed by atoms with Crippen LogP contribution in [-0.2, 0) is 11.2 Å². The van der Waals surface area contributed by atoms with Gasteiger partial charge in [-0.1, -0.05) is 0 Å². The Kier molecular flexibility index (Phi) is 4.53. The molecule has 1 aliphatic carbocycles. The molecule has 7 nitrogen and oxygen atoms in total. The third-order valence-electron chi connectivity index (χ3n) is 5.18. The van der Waals surface area contributed by atoms with E-state index < -0.39 is 12.0 Å². The summed E-state index contributed by atoms with van der Waals surface area (Å²) in [7, 11) is 0. The summed E-state index contributed by atoms with van der Waals surface area (Å²) in [6, 6.07) is 6.86. The number of benzene rings is 1. The molecule has 1 aromatic heterocycles. The fourth-order valence-electron chi connectivity index (χ4n) is 3.72. The minimum Gasteiger partial charge on any atom is -0.472 e. The Labute approximate surface area is 156 Å². The van der Waals surface area contributed by atoms with Crippen LogP contribution in [0.1, 0.15) is 39.1 Å². The van der Waals surface area contributed by atoms with Gasteiger partial charge in [0.05, 0.1) is 24.3 Å². The highest BCUT2D eigenvalue weighted by Gasteiger charge is 2.34. The van der Waals surface area contributed by atoms with Crippen molar-refractivity contribution in [2.45, 2.75) is 25.4 Å². The zero-order valence-corrected chi connectivity index (χ0v) is 14.7. The number of ketones is 2. The predicted molar refractivity (Wildman–Crippen MR) is 96.9 cm³/mol. The first-order valence-corrected chi connectivity index (χ1v) is 9.00. The molecule has 140 valence electrons. The van der Waals surface area contributed by atoms with Crippen molar-refractivity contribution in [1.29, 1.82) is 0 Å². The summed E-state index contributed by atoms with van der Waals surface area (Å²) in [4.78, 5) is 39.2. The number of carbonyl (C=O) groups excluding carboxylic acids is 3. The highest BCUT2D eigenvalue weighted by atomic mass is 16.6. The van der Waals surface area contributed by atoms with Gasteiger partial charge in [-0.15, -0.1) is 0 Å². The number of cyclic esters (lactones) is 1. The van der Waals surface area contributed by atoms with Crippen LogP contribution in [0.4, 0.5) is 10.5 Å². The number of Topliss-reactive ketones (excluding diaryl/α,β-unsaturated/α-hetero) is 2. The van der Waals surface area contributed by atoms with E-state index in [0.29, 0.717) is 42.6 Å². The van der Waals surface area contributed by atoms with Crippen LogP contribution >= 0.6 is 0 Å². The largest absolute Gasteiger partial charge is 0.472 e. The van der Waals surface area contributed by atoms with Crippen LogP contribution in [-0.4, -0.2) is 36.9 Å². The molecule has 1 aliphatic heterocycles. The van der Waals surface area contributed by atoms with Gasteiger partial charge in [0, 0.05) is 17.8 Å². The molecule has 2 aromatic rings. The van der Waals surface area contributed by atoms with Crippen molar-refractivity contribution in [1.82, 2.24) is 0 Å². The second kappa shape index (κ2) is 7.00. The van der Waals surface area contributed by atoms with Crippen LogP contribution in [0.15, 0.2) is 41.2 Å². The smallest absolute Gasteiger partial charge is 0.414 e. The van der Waals surface area contributed by atoms with Gasteiger partial charge in [0.2, 0.25) is 0 Å². The van der Waals surface area contributed by atoms with Crippen molar-refractivity contribution >= 4 is 23.3 Å². The lowest BCUT2D eigenvalue weighted by Gasteiger charge is -2.16. The van der Waals surface area contributed by atoms with Crippen LogP contribution in [0.25, 0.3) is 0 Å². The van der Waals surface area contributed by atoms with E-state index in [2.05, 4.69) is 0 Å². The summed E-state index contributed by atoms with van der Waals surface area (Å²) in [6.07, 6.45) is 3.93. The van der Waals surface area contributed by atoms with Crippen molar-refractivity contribution in [3.63, 3.8) is 0 Å². The molecule has 2 N–H and O–H groups in total. The Balaban J connectivity index is 1.62. The van der Waals surface area contributed by atoms with Gasteiger partial charge >= 0.3 is 6.09 Å². The monoisotopic (exact) mass is 368 g/mol. The number of nitrogens with zero attached hydrogens (tertiary/aromatic N) is 1. The molecule has 1 fully saturated rings. The molecule has 2 heterocycles. The number of rotatable bonds is 4. The topological polar surface area (TPSA) is 103 Å². The molecular formula is C20H20N2O5. The van der Waals surface area contributed by atoms with Crippen LogP contribution in [0, 0.1) is 5.92 Å². The van der Waals surface area contributed by atoms with Gasteiger partial charge in [-0.25, -0.2) is 4.79 Å². The zero-order chi connectivity index (χ0) is 19.0. The van der Waals surface area contributed by atoms with Gasteiger partial charge in [-0.3, -0.25) is 14.5 Å². The fourth-order valence-corrected chi connectivity index (χ4v) is 3.72. The minimum atomic E-state index is -0.701. The number of anilines is 1. The maximum Gasteiger partial charge on any atom is 0.414 e. The molecule has 2 aliphatic rings. The third-order valence-corrected chi connectivity index (χ3v) is 5.18.